The van der Waals surface area contributed by atoms with Gasteiger partial charge in [-0.2, -0.15) is 0 Å². The van der Waals surface area contributed by atoms with Crippen LogP contribution in [0.15, 0.2) is 29.6 Å². The summed E-state index contributed by atoms with van der Waals surface area (Å²) >= 11 is 1.28. The van der Waals surface area contributed by atoms with Crippen molar-refractivity contribution in [3.05, 3.63) is 46.7 Å². The number of benzene rings is 1. The second-order valence-corrected chi connectivity index (χ2v) is 7.14. The second-order valence-electron chi connectivity index (χ2n) is 6.28. The van der Waals surface area contributed by atoms with E-state index in [-0.39, 0.29) is 24.4 Å². The maximum atomic E-state index is 13.1. The average molecular weight is 392 g/mol. The van der Waals surface area contributed by atoms with Crippen LogP contribution in [0.5, 0.6) is 0 Å². The second kappa shape index (κ2) is 8.92. The minimum atomic E-state index is -0.427. The Kier molecular flexibility index (Phi) is 6.36. The number of halogens is 1. The molecule has 1 aromatic carbocycles. The van der Waals surface area contributed by atoms with E-state index < -0.39 is 6.03 Å². The number of hydrogen-bond donors (Lipinski definition) is 2. The highest BCUT2D eigenvalue weighted by Gasteiger charge is 2.26. The minimum Gasteiger partial charge on any atom is -0.368 e. The van der Waals surface area contributed by atoms with Crippen LogP contribution >= 0.6 is 11.3 Å². The number of hydrogen-bond acceptors (Lipinski definition) is 5. The van der Waals surface area contributed by atoms with Crippen LogP contribution in [-0.4, -0.2) is 41.6 Å². The topological polar surface area (TPSA) is 83.6 Å². The molecule has 1 unspecified atom stereocenters. The van der Waals surface area contributed by atoms with Crippen LogP contribution in [-0.2, 0) is 22.6 Å². The highest BCUT2D eigenvalue weighted by atomic mass is 32.1. The molecule has 9 heteroatoms. The fourth-order valence-electron chi connectivity index (χ4n) is 2.75. The van der Waals surface area contributed by atoms with Gasteiger partial charge in [-0.3, -0.25) is 10.1 Å². The number of aromatic nitrogens is 1. The van der Waals surface area contributed by atoms with Crippen molar-refractivity contribution in [1.29, 1.82) is 0 Å². The molecule has 0 aliphatic carbocycles. The van der Waals surface area contributed by atoms with Crippen molar-refractivity contribution in [2.75, 3.05) is 19.0 Å². The van der Waals surface area contributed by atoms with Crippen LogP contribution in [0, 0.1) is 5.82 Å². The molecule has 144 valence electrons. The Balaban J connectivity index is 1.47. The Morgan fingerprint density at radius 1 is 1.44 bits per heavy atom. The largest absolute Gasteiger partial charge is 0.368 e. The van der Waals surface area contributed by atoms with E-state index in [0.717, 1.165) is 12.8 Å². The van der Waals surface area contributed by atoms with Gasteiger partial charge in [0, 0.05) is 25.6 Å². The van der Waals surface area contributed by atoms with E-state index in [0.29, 0.717) is 29.5 Å². The third-order valence-electron chi connectivity index (χ3n) is 4.09. The number of likely N-dealkylation sites (N-methyl/N-ethyl adjacent to an activating group) is 1. The van der Waals surface area contributed by atoms with E-state index in [1.807, 2.05) is 0 Å². The van der Waals surface area contributed by atoms with E-state index in [1.165, 1.54) is 23.5 Å². The highest BCUT2D eigenvalue weighted by molar-refractivity contribution is 7.13. The standard InChI is InChI=1S/C18H21FN4O3S/c1-23(16(24)15-6-3-7-26-15)10-14-11-27-18(21-14)22-17(25)20-9-12-4-2-5-13(19)8-12/h2,4-5,8,11,15H,3,6-7,9-10H2,1H3,(H2,20,21,22,25). The van der Waals surface area contributed by atoms with Crippen LogP contribution in [0.25, 0.3) is 0 Å². The molecule has 2 heterocycles. The third kappa shape index (κ3) is 5.48. The van der Waals surface area contributed by atoms with Gasteiger partial charge in [0.2, 0.25) is 0 Å². The van der Waals surface area contributed by atoms with Gasteiger partial charge in [0.1, 0.15) is 11.9 Å². The maximum Gasteiger partial charge on any atom is 0.321 e. The van der Waals surface area contributed by atoms with Crippen LogP contribution in [0.3, 0.4) is 0 Å². The zero-order valence-electron chi connectivity index (χ0n) is 14.9. The lowest BCUT2D eigenvalue weighted by atomic mass is 10.2. The SMILES string of the molecule is CN(Cc1csc(NC(=O)NCc2cccc(F)c2)n1)C(=O)C1CCCO1. The number of ether oxygens (including phenoxy) is 1. The number of carbonyl (C=O) groups excluding carboxylic acids is 2. The molecule has 0 spiro atoms. The third-order valence-corrected chi connectivity index (χ3v) is 4.90. The first-order chi connectivity index (χ1) is 13.0. The monoisotopic (exact) mass is 392 g/mol. The Morgan fingerprint density at radius 3 is 3.04 bits per heavy atom. The number of thiazole rings is 1. The van der Waals surface area contributed by atoms with Gasteiger partial charge >= 0.3 is 6.03 Å². The molecular weight excluding hydrogens is 371 g/mol. The van der Waals surface area contributed by atoms with E-state index >= 15 is 0 Å². The summed E-state index contributed by atoms with van der Waals surface area (Å²) < 4.78 is 18.5. The van der Waals surface area contributed by atoms with Crippen molar-refractivity contribution >= 4 is 28.4 Å². The Labute approximate surface area is 160 Å². The van der Waals surface area contributed by atoms with Crippen molar-refractivity contribution in [3.63, 3.8) is 0 Å². The lowest BCUT2D eigenvalue weighted by molar-refractivity contribution is -0.140. The normalized spacial score (nSPS) is 16.1. The van der Waals surface area contributed by atoms with Gasteiger partial charge in [-0.15, -0.1) is 11.3 Å². The number of nitrogens with zero attached hydrogens (tertiary/aromatic N) is 2. The quantitative estimate of drug-likeness (QED) is 0.792. The fraction of sp³-hybridized carbons (Fsp3) is 0.389. The van der Waals surface area contributed by atoms with E-state index in [2.05, 4.69) is 15.6 Å². The summed E-state index contributed by atoms with van der Waals surface area (Å²) in [5, 5.41) is 7.51. The van der Waals surface area contributed by atoms with Crippen LogP contribution in [0.1, 0.15) is 24.1 Å². The summed E-state index contributed by atoms with van der Waals surface area (Å²) in [6.07, 6.45) is 1.29. The molecule has 0 bridgehead atoms. The molecule has 7 nitrogen and oxygen atoms in total. The lowest BCUT2D eigenvalue weighted by Gasteiger charge is -2.19. The first-order valence-corrected chi connectivity index (χ1v) is 9.49. The van der Waals surface area contributed by atoms with Gasteiger partial charge in [-0.1, -0.05) is 12.1 Å². The highest BCUT2D eigenvalue weighted by Crippen LogP contribution is 2.19. The Bertz CT molecular complexity index is 807. The van der Waals surface area contributed by atoms with Gasteiger partial charge in [-0.25, -0.2) is 14.2 Å². The smallest absolute Gasteiger partial charge is 0.321 e. The molecule has 0 radical (unpaired) electrons. The number of anilines is 1. The molecule has 2 aromatic rings. The molecule has 1 saturated heterocycles. The number of amides is 3. The van der Waals surface area contributed by atoms with Gasteiger partial charge in [0.25, 0.3) is 5.91 Å². The van der Waals surface area contributed by atoms with Gasteiger partial charge in [0.05, 0.1) is 12.2 Å². The van der Waals surface area contributed by atoms with E-state index in [1.54, 1.807) is 29.5 Å². The van der Waals surface area contributed by atoms with Crippen molar-refractivity contribution < 1.29 is 18.7 Å². The maximum absolute atomic E-state index is 13.1. The Hall–Kier alpha value is -2.52. The zero-order chi connectivity index (χ0) is 19.2. The molecule has 1 fully saturated rings. The fourth-order valence-corrected chi connectivity index (χ4v) is 3.44. The van der Waals surface area contributed by atoms with Gasteiger partial charge in [0.15, 0.2) is 5.13 Å². The van der Waals surface area contributed by atoms with Gasteiger partial charge in [-0.05, 0) is 30.5 Å². The summed E-state index contributed by atoms with van der Waals surface area (Å²) in [5.74, 6) is -0.399. The molecule has 1 atom stereocenters. The summed E-state index contributed by atoms with van der Waals surface area (Å²) in [7, 11) is 1.71. The molecule has 27 heavy (non-hydrogen) atoms. The van der Waals surface area contributed by atoms with Gasteiger partial charge < -0.3 is 15.0 Å². The summed E-state index contributed by atoms with van der Waals surface area (Å²) in [6, 6.07) is 5.60. The average Bonchev–Trinajstić information content (AvgIpc) is 3.31. The first-order valence-electron chi connectivity index (χ1n) is 8.61. The number of carbonyl (C=O) groups is 2. The molecule has 3 rings (SSSR count). The summed E-state index contributed by atoms with van der Waals surface area (Å²) in [5.41, 5.74) is 1.36. The predicted molar refractivity (Wildman–Crippen MR) is 99.8 cm³/mol. The number of rotatable bonds is 6. The van der Waals surface area contributed by atoms with Crippen molar-refractivity contribution in [2.24, 2.45) is 0 Å². The summed E-state index contributed by atoms with van der Waals surface area (Å²) in [4.78, 5) is 30.1. The van der Waals surface area contributed by atoms with Crippen molar-refractivity contribution in [3.8, 4) is 0 Å². The predicted octanol–water partition coefficient (Wildman–Crippen LogP) is 2.74. The number of urea groups is 1. The number of nitrogens with one attached hydrogen (secondary N) is 2. The lowest BCUT2D eigenvalue weighted by Crippen LogP contribution is -2.35. The molecular formula is C18H21FN4O3S. The van der Waals surface area contributed by atoms with Crippen molar-refractivity contribution in [2.45, 2.75) is 32.0 Å². The first kappa shape index (κ1) is 19.2. The molecule has 2 N–H and O–H groups in total. The van der Waals surface area contributed by atoms with Crippen molar-refractivity contribution in [1.82, 2.24) is 15.2 Å². The molecule has 0 saturated carbocycles. The molecule has 1 aromatic heterocycles. The van der Waals surface area contributed by atoms with Crippen LogP contribution < -0.4 is 10.6 Å². The van der Waals surface area contributed by atoms with Crippen LogP contribution in [0.2, 0.25) is 0 Å². The van der Waals surface area contributed by atoms with E-state index in [9.17, 15) is 14.0 Å². The molecule has 1 aliphatic heterocycles. The van der Waals surface area contributed by atoms with E-state index in [4.69, 9.17) is 4.74 Å². The summed E-state index contributed by atoms with van der Waals surface area (Å²) in [6.45, 7) is 1.18. The Morgan fingerprint density at radius 2 is 2.30 bits per heavy atom. The molecule has 1 aliphatic rings. The molecule has 3 amide bonds. The zero-order valence-corrected chi connectivity index (χ0v) is 15.7. The van der Waals surface area contributed by atoms with Crippen LogP contribution in [0.4, 0.5) is 14.3 Å². The minimum absolute atomic E-state index is 0.0529.